The maximum atomic E-state index is 12.8. The van der Waals surface area contributed by atoms with Gasteiger partial charge in [0.15, 0.2) is 0 Å². The number of rotatable bonds is 3. The van der Waals surface area contributed by atoms with Crippen LogP contribution in [0.5, 0.6) is 0 Å². The monoisotopic (exact) mass is 332 g/mol. The Morgan fingerprint density at radius 1 is 1.42 bits per heavy atom. The number of hydrogen-bond acceptors (Lipinski definition) is 6. The average Bonchev–Trinajstić information content (AvgIpc) is 3.03. The minimum absolute atomic E-state index is 0.174. The molecule has 1 saturated heterocycles. The van der Waals surface area contributed by atoms with E-state index in [1.807, 2.05) is 13.8 Å². The summed E-state index contributed by atoms with van der Waals surface area (Å²) < 4.78 is 10.7. The Kier molecular flexibility index (Phi) is 4.48. The first-order valence-corrected chi connectivity index (χ1v) is 7.89. The van der Waals surface area contributed by atoms with E-state index in [0.717, 1.165) is 5.69 Å². The van der Waals surface area contributed by atoms with Crippen molar-refractivity contribution in [3.05, 3.63) is 45.5 Å². The van der Waals surface area contributed by atoms with Gasteiger partial charge in [0.1, 0.15) is 5.82 Å². The Morgan fingerprint density at radius 2 is 2.21 bits per heavy atom. The average molecular weight is 332 g/mol. The number of ether oxygens (including phenoxy) is 1. The van der Waals surface area contributed by atoms with Gasteiger partial charge in [-0.1, -0.05) is 19.0 Å². The number of morpholine rings is 1. The molecule has 1 N–H and O–H groups in total. The summed E-state index contributed by atoms with van der Waals surface area (Å²) in [7, 11) is 0. The van der Waals surface area contributed by atoms with Gasteiger partial charge in [0.2, 0.25) is 5.76 Å². The van der Waals surface area contributed by atoms with Gasteiger partial charge in [-0.3, -0.25) is 9.59 Å². The molecule has 3 heterocycles. The molecule has 2 aromatic heterocycles. The quantitative estimate of drug-likeness (QED) is 0.912. The summed E-state index contributed by atoms with van der Waals surface area (Å²) in [6.07, 6.45) is 0. The van der Waals surface area contributed by atoms with Crippen LogP contribution < -0.4 is 5.56 Å². The third-order valence-corrected chi connectivity index (χ3v) is 3.94. The van der Waals surface area contributed by atoms with E-state index < -0.39 is 6.04 Å². The number of aromatic amines is 1. The Labute approximate surface area is 138 Å². The molecule has 3 rings (SSSR count). The highest BCUT2D eigenvalue weighted by molar-refractivity contribution is 5.91. The smallest absolute Gasteiger partial charge is 0.293 e. The number of nitrogens with one attached hydrogen (secondary N) is 1. The van der Waals surface area contributed by atoms with Crippen molar-refractivity contribution in [2.24, 2.45) is 0 Å². The van der Waals surface area contributed by atoms with Crippen LogP contribution in [0.2, 0.25) is 0 Å². The second-order valence-corrected chi connectivity index (χ2v) is 6.12. The Hall–Kier alpha value is -2.48. The van der Waals surface area contributed by atoms with Crippen LogP contribution in [0, 0.1) is 6.92 Å². The Balaban J connectivity index is 1.91. The number of amides is 1. The Morgan fingerprint density at radius 3 is 2.88 bits per heavy atom. The lowest BCUT2D eigenvalue weighted by atomic mass is 10.1. The first-order chi connectivity index (χ1) is 11.5. The van der Waals surface area contributed by atoms with E-state index in [4.69, 9.17) is 9.26 Å². The van der Waals surface area contributed by atoms with E-state index in [-0.39, 0.29) is 29.8 Å². The highest BCUT2D eigenvalue weighted by Crippen LogP contribution is 2.25. The second kappa shape index (κ2) is 6.56. The molecule has 0 unspecified atom stereocenters. The summed E-state index contributed by atoms with van der Waals surface area (Å²) >= 11 is 0. The third kappa shape index (κ3) is 3.23. The summed E-state index contributed by atoms with van der Waals surface area (Å²) in [6, 6.07) is 2.63. The van der Waals surface area contributed by atoms with E-state index in [0.29, 0.717) is 24.7 Å². The molecule has 8 heteroatoms. The first kappa shape index (κ1) is 16.4. The molecule has 1 atom stereocenters. The number of carbonyl (C=O) groups excluding carboxylic acids is 1. The van der Waals surface area contributed by atoms with Crippen molar-refractivity contribution in [1.82, 2.24) is 20.0 Å². The van der Waals surface area contributed by atoms with Gasteiger partial charge < -0.3 is 19.1 Å². The molecule has 1 amide bonds. The number of carbonyl (C=O) groups is 1. The summed E-state index contributed by atoms with van der Waals surface area (Å²) in [4.78, 5) is 33.1. The largest absolute Gasteiger partial charge is 0.377 e. The zero-order valence-electron chi connectivity index (χ0n) is 13.9. The van der Waals surface area contributed by atoms with Crippen LogP contribution in [0.15, 0.2) is 21.5 Å². The van der Waals surface area contributed by atoms with E-state index in [1.54, 1.807) is 17.9 Å². The lowest BCUT2D eigenvalue weighted by Gasteiger charge is -2.34. The summed E-state index contributed by atoms with van der Waals surface area (Å²) in [5.74, 6) is 0.583. The van der Waals surface area contributed by atoms with Crippen LogP contribution in [0.25, 0.3) is 0 Å². The topological polar surface area (TPSA) is 101 Å². The number of H-pyrrole nitrogens is 1. The second-order valence-electron chi connectivity index (χ2n) is 6.12. The minimum atomic E-state index is -0.431. The zero-order chi connectivity index (χ0) is 17.3. The van der Waals surface area contributed by atoms with Gasteiger partial charge >= 0.3 is 0 Å². The van der Waals surface area contributed by atoms with Gasteiger partial charge in [-0.15, -0.1) is 0 Å². The summed E-state index contributed by atoms with van der Waals surface area (Å²) in [5.41, 5.74) is 0.985. The number of nitrogens with zero attached hydrogens (tertiary/aromatic N) is 3. The molecule has 128 valence electrons. The standard InChI is InChI=1S/C16H20N4O4/c1-9(2)11-6-14(24-19-11)16(22)20-4-5-23-8-13(20)12-7-15(21)18-10(3)17-12/h6-7,9,13H,4-5,8H2,1-3H3,(H,17,18,21)/t13-/m0/s1. The van der Waals surface area contributed by atoms with Crippen molar-refractivity contribution in [3.63, 3.8) is 0 Å². The van der Waals surface area contributed by atoms with Crippen molar-refractivity contribution < 1.29 is 14.1 Å². The first-order valence-electron chi connectivity index (χ1n) is 7.89. The molecule has 0 aliphatic carbocycles. The maximum Gasteiger partial charge on any atom is 0.293 e. The van der Waals surface area contributed by atoms with Crippen LogP contribution >= 0.6 is 0 Å². The molecule has 0 bridgehead atoms. The van der Waals surface area contributed by atoms with Gasteiger partial charge in [0.25, 0.3) is 11.5 Å². The van der Waals surface area contributed by atoms with Crippen LogP contribution in [-0.2, 0) is 4.74 Å². The van der Waals surface area contributed by atoms with E-state index >= 15 is 0 Å². The van der Waals surface area contributed by atoms with Crippen molar-refractivity contribution in [3.8, 4) is 0 Å². The van der Waals surface area contributed by atoms with Gasteiger partial charge in [-0.05, 0) is 12.8 Å². The predicted octanol–water partition coefficient (Wildman–Crippen LogP) is 1.40. The third-order valence-electron chi connectivity index (χ3n) is 3.94. The van der Waals surface area contributed by atoms with Crippen LogP contribution in [0.4, 0.5) is 0 Å². The molecule has 8 nitrogen and oxygen atoms in total. The fourth-order valence-electron chi connectivity index (χ4n) is 2.67. The lowest BCUT2D eigenvalue weighted by molar-refractivity contribution is -0.00594. The van der Waals surface area contributed by atoms with Crippen molar-refractivity contribution in [2.75, 3.05) is 19.8 Å². The van der Waals surface area contributed by atoms with Crippen LogP contribution in [0.1, 0.15) is 53.6 Å². The summed E-state index contributed by atoms with van der Waals surface area (Å²) in [5, 5.41) is 3.93. The van der Waals surface area contributed by atoms with Gasteiger partial charge in [-0.2, -0.15) is 0 Å². The maximum absolute atomic E-state index is 12.8. The molecule has 0 radical (unpaired) electrons. The normalized spacial score (nSPS) is 18.2. The van der Waals surface area contributed by atoms with E-state index in [2.05, 4.69) is 15.1 Å². The minimum Gasteiger partial charge on any atom is -0.377 e. The molecule has 0 spiro atoms. The van der Waals surface area contributed by atoms with Crippen molar-refractivity contribution in [1.29, 1.82) is 0 Å². The van der Waals surface area contributed by atoms with Crippen molar-refractivity contribution >= 4 is 5.91 Å². The molecule has 2 aromatic rings. The van der Waals surface area contributed by atoms with E-state index in [1.165, 1.54) is 6.07 Å². The van der Waals surface area contributed by atoms with Gasteiger partial charge in [0.05, 0.1) is 30.6 Å². The highest BCUT2D eigenvalue weighted by atomic mass is 16.5. The number of aryl methyl sites for hydroxylation is 1. The highest BCUT2D eigenvalue weighted by Gasteiger charge is 2.32. The lowest BCUT2D eigenvalue weighted by Crippen LogP contribution is -2.44. The molecule has 1 aliphatic heterocycles. The Bertz CT molecular complexity index is 795. The van der Waals surface area contributed by atoms with Crippen LogP contribution in [-0.4, -0.2) is 45.7 Å². The molecule has 0 aromatic carbocycles. The van der Waals surface area contributed by atoms with Gasteiger partial charge in [0, 0.05) is 18.7 Å². The molecular formula is C16H20N4O4. The van der Waals surface area contributed by atoms with Gasteiger partial charge in [-0.25, -0.2) is 4.98 Å². The number of hydrogen-bond donors (Lipinski definition) is 1. The van der Waals surface area contributed by atoms with Crippen molar-refractivity contribution in [2.45, 2.75) is 32.7 Å². The zero-order valence-corrected chi connectivity index (χ0v) is 13.9. The number of aromatic nitrogens is 3. The SMILES string of the molecule is Cc1nc([C@@H]2COCCN2C(=O)c2cc(C(C)C)no2)cc(=O)[nH]1. The fraction of sp³-hybridized carbons (Fsp3) is 0.500. The fourth-order valence-corrected chi connectivity index (χ4v) is 2.67. The molecule has 1 aliphatic rings. The molecular weight excluding hydrogens is 312 g/mol. The van der Waals surface area contributed by atoms with E-state index in [9.17, 15) is 9.59 Å². The molecule has 0 saturated carbocycles. The summed E-state index contributed by atoms with van der Waals surface area (Å²) in [6.45, 7) is 6.77. The molecule has 24 heavy (non-hydrogen) atoms. The predicted molar refractivity (Wildman–Crippen MR) is 84.8 cm³/mol. The molecule has 1 fully saturated rings. The van der Waals surface area contributed by atoms with Crippen LogP contribution in [0.3, 0.4) is 0 Å².